The van der Waals surface area contributed by atoms with Crippen LogP contribution in [0.15, 0.2) is 24.3 Å². The van der Waals surface area contributed by atoms with Crippen LogP contribution in [0.1, 0.15) is 26.3 Å². The summed E-state index contributed by atoms with van der Waals surface area (Å²) in [6, 6.07) is 8.31. The van der Waals surface area contributed by atoms with Gasteiger partial charge in [-0.1, -0.05) is 32.0 Å². The van der Waals surface area contributed by atoms with Gasteiger partial charge in [0.05, 0.1) is 6.54 Å². The molecule has 1 amide bonds. The van der Waals surface area contributed by atoms with Gasteiger partial charge in [-0.05, 0) is 25.5 Å². The second kappa shape index (κ2) is 6.40. The topological polar surface area (TPSA) is 32.3 Å². The van der Waals surface area contributed by atoms with Crippen molar-refractivity contribution in [1.82, 2.24) is 5.32 Å². The van der Waals surface area contributed by atoms with E-state index in [1.54, 1.807) is 0 Å². The summed E-state index contributed by atoms with van der Waals surface area (Å²) in [7, 11) is 0. The van der Waals surface area contributed by atoms with Crippen molar-refractivity contribution < 1.29 is 4.79 Å². The third-order valence-electron chi connectivity index (χ3n) is 2.69. The first-order chi connectivity index (χ1) is 8.06. The van der Waals surface area contributed by atoms with Crippen molar-refractivity contribution in [2.24, 2.45) is 0 Å². The van der Waals surface area contributed by atoms with E-state index in [-0.39, 0.29) is 5.91 Å². The van der Waals surface area contributed by atoms with Crippen molar-refractivity contribution in [3.05, 3.63) is 29.8 Å². The summed E-state index contributed by atoms with van der Waals surface area (Å²) in [5.41, 5.74) is 2.14. The van der Waals surface area contributed by atoms with Crippen LogP contribution in [-0.2, 0) is 4.79 Å². The minimum absolute atomic E-state index is 0.121. The number of carbonyl (C=O) groups excluding carboxylic acids is 1. The molecule has 1 N–H and O–H groups in total. The van der Waals surface area contributed by atoms with Crippen LogP contribution in [0.25, 0.3) is 0 Å². The third kappa shape index (κ3) is 3.86. The fourth-order valence-corrected chi connectivity index (χ4v) is 1.73. The number of para-hydroxylation sites is 1. The van der Waals surface area contributed by atoms with Gasteiger partial charge >= 0.3 is 0 Å². The van der Waals surface area contributed by atoms with E-state index in [4.69, 9.17) is 0 Å². The van der Waals surface area contributed by atoms with Gasteiger partial charge < -0.3 is 10.2 Å². The van der Waals surface area contributed by atoms with E-state index in [2.05, 4.69) is 5.32 Å². The molecule has 0 aromatic heterocycles. The van der Waals surface area contributed by atoms with Crippen LogP contribution in [0.5, 0.6) is 0 Å². The monoisotopic (exact) mass is 234 g/mol. The van der Waals surface area contributed by atoms with Gasteiger partial charge in [0.25, 0.3) is 0 Å². The lowest BCUT2D eigenvalue weighted by Gasteiger charge is -2.23. The summed E-state index contributed by atoms with van der Waals surface area (Å²) in [5.74, 6) is 0.121. The van der Waals surface area contributed by atoms with E-state index in [9.17, 15) is 4.79 Å². The van der Waals surface area contributed by atoms with E-state index in [1.807, 2.05) is 56.9 Å². The van der Waals surface area contributed by atoms with Gasteiger partial charge in [0, 0.05) is 18.3 Å². The zero-order valence-corrected chi connectivity index (χ0v) is 11.2. The molecule has 94 valence electrons. The molecule has 3 nitrogen and oxygen atoms in total. The molecular weight excluding hydrogens is 212 g/mol. The molecule has 0 bridgehead atoms. The van der Waals surface area contributed by atoms with Crippen molar-refractivity contribution >= 4 is 11.6 Å². The number of likely N-dealkylation sites (N-methyl/N-ethyl adjacent to an activating group) is 1. The molecule has 1 aromatic carbocycles. The number of carbonyl (C=O) groups is 1. The molecule has 0 unspecified atom stereocenters. The first kappa shape index (κ1) is 13.7. The Balaban J connectivity index is 2.78. The van der Waals surface area contributed by atoms with Crippen molar-refractivity contribution in [3.63, 3.8) is 0 Å². The summed E-state index contributed by atoms with van der Waals surface area (Å²) in [4.78, 5) is 13.9. The molecule has 1 rings (SSSR count). The molecule has 1 aromatic rings. The normalized spacial score (nSPS) is 10.6. The molecule has 0 saturated carbocycles. The number of aryl methyl sites for hydroxylation is 1. The molecule has 0 radical (unpaired) electrons. The van der Waals surface area contributed by atoms with Gasteiger partial charge in [0.2, 0.25) is 5.91 Å². The summed E-state index contributed by atoms with van der Waals surface area (Å²) < 4.78 is 0. The van der Waals surface area contributed by atoms with E-state index in [1.165, 1.54) is 0 Å². The number of nitrogens with one attached hydrogen (secondary N) is 1. The fourth-order valence-electron chi connectivity index (χ4n) is 1.73. The van der Waals surface area contributed by atoms with Crippen LogP contribution in [0.4, 0.5) is 5.69 Å². The minimum Gasteiger partial charge on any atom is -0.311 e. The van der Waals surface area contributed by atoms with Gasteiger partial charge in [-0.15, -0.1) is 0 Å². The van der Waals surface area contributed by atoms with E-state index >= 15 is 0 Å². The van der Waals surface area contributed by atoms with Gasteiger partial charge in [0.15, 0.2) is 0 Å². The Morgan fingerprint density at radius 2 is 2.00 bits per heavy atom. The molecule has 0 saturated heterocycles. The highest BCUT2D eigenvalue weighted by atomic mass is 16.2. The van der Waals surface area contributed by atoms with Crippen molar-refractivity contribution in [1.29, 1.82) is 0 Å². The Labute approximate surface area is 104 Å². The van der Waals surface area contributed by atoms with Crippen LogP contribution >= 0.6 is 0 Å². The van der Waals surface area contributed by atoms with Gasteiger partial charge in [0.1, 0.15) is 0 Å². The number of amides is 1. The average Bonchev–Trinajstić information content (AvgIpc) is 2.30. The predicted molar refractivity (Wildman–Crippen MR) is 72.3 cm³/mol. The third-order valence-corrected chi connectivity index (χ3v) is 2.69. The van der Waals surface area contributed by atoms with Gasteiger partial charge in [-0.3, -0.25) is 4.79 Å². The molecule has 0 aliphatic carbocycles. The Morgan fingerprint density at radius 1 is 1.35 bits per heavy atom. The Bertz CT molecular complexity index is 374. The number of hydrogen-bond acceptors (Lipinski definition) is 2. The van der Waals surface area contributed by atoms with Crippen LogP contribution in [0.2, 0.25) is 0 Å². The lowest BCUT2D eigenvalue weighted by atomic mass is 10.2. The highest BCUT2D eigenvalue weighted by Gasteiger charge is 2.15. The molecule has 0 heterocycles. The number of nitrogens with zero attached hydrogens (tertiary/aromatic N) is 1. The highest BCUT2D eigenvalue weighted by Crippen LogP contribution is 2.18. The predicted octanol–water partition coefficient (Wildman–Crippen LogP) is 2.35. The van der Waals surface area contributed by atoms with Crippen LogP contribution < -0.4 is 10.2 Å². The van der Waals surface area contributed by atoms with Crippen LogP contribution in [-0.4, -0.2) is 25.0 Å². The summed E-state index contributed by atoms with van der Waals surface area (Å²) >= 11 is 0. The van der Waals surface area contributed by atoms with Gasteiger partial charge in [-0.2, -0.15) is 0 Å². The first-order valence-electron chi connectivity index (χ1n) is 6.15. The SMILES string of the molecule is CCN(C(=O)CNC(C)C)c1ccccc1C. The minimum atomic E-state index is 0.121. The lowest BCUT2D eigenvalue weighted by Crippen LogP contribution is -2.40. The zero-order chi connectivity index (χ0) is 12.8. The Morgan fingerprint density at radius 3 is 2.53 bits per heavy atom. The number of rotatable bonds is 5. The van der Waals surface area contributed by atoms with E-state index < -0.39 is 0 Å². The average molecular weight is 234 g/mol. The summed E-state index contributed by atoms with van der Waals surface area (Å²) in [5, 5.41) is 3.16. The Kier molecular flexibility index (Phi) is 5.16. The second-order valence-electron chi connectivity index (χ2n) is 4.46. The van der Waals surface area contributed by atoms with Crippen molar-refractivity contribution in [2.45, 2.75) is 33.7 Å². The number of hydrogen-bond donors (Lipinski definition) is 1. The lowest BCUT2D eigenvalue weighted by molar-refractivity contribution is -0.117. The van der Waals surface area contributed by atoms with Crippen molar-refractivity contribution in [3.8, 4) is 0 Å². The van der Waals surface area contributed by atoms with E-state index in [0.29, 0.717) is 19.1 Å². The Hall–Kier alpha value is -1.35. The number of benzene rings is 1. The summed E-state index contributed by atoms with van der Waals surface area (Å²) in [6.45, 7) is 9.19. The molecule has 17 heavy (non-hydrogen) atoms. The molecule has 0 aliphatic rings. The molecule has 0 atom stereocenters. The highest BCUT2D eigenvalue weighted by molar-refractivity contribution is 5.95. The molecular formula is C14H22N2O. The fraction of sp³-hybridized carbons (Fsp3) is 0.500. The van der Waals surface area contributed by atoms with Crippen LogP contribution in [0.3, 0.4) is 0 Å². The maximum absolute atomic E-state index is 12.1. The largest absolute Gasteiger partial charge is 0.311 e. The quantitative estimate of drug-likeness (QED) is 0.848. The maximum Gasteiger partial charge on any atom is 0.240 e. The molecule has 0 fully saturated rings. The van der Waals surface area contributed by atoms with E-state index in [0.717, 1.165) is 11.3 Å². The molecule has 3 heteroatoms. The van der Waals surface area contributed by atoms with Crippen molar-refractivity contribution in [2.75, 3.05) is 18.0 Å². The first-order valence-corrected chi connectivity index (χ1v) is 6.15. The van der Waals surface area contributed by atoms with Crippen LogP contribution in [0, 0.1) is 6.92 Å². The standard InChI is InChI=1S/C14H22N2O/c1-5-16(14(17)10-15-11(2)3)13-9-7-6-8-12(13)4/h6-9,11,15H,5,10H2,1-4H3. The second-order valence-corrected chi connectivity index (χ2v) is 4.46. The van der Waals surface area contributed by atoms with Gasteiger partial charge in [-0.25, -0.2) is 0 Å². The number of anilines is 1. The maximum atomic E-state index is 12.1. The summed E-state index contributed by atoms with van der Waals surface area (Å²) in [6.07, 6.45) is 0. The molecule has 0 aliphatic heterocycles. The zero-order valence-electron chi connectivity index (χ0n) is 11.2. The smallest absolute Gasteiger partial charge is 0.240 e. The molecule has 0 spiro atoms.